The predicted octanol–water partition coefficient (Wildman–Crippen LogP) is -1.13. The Morgan fingerprint density at radius 3 is 2.65 bits per heavy atom. The first-order chi connectivity index (χ1) is 9.38. The standard InChI is InChI=1S/C11H15N5O4/c1-7-13-3-2-8(15-7)4-14-11(20)16(5-9(12)17)6-10(18)19/h2-3H,4-6H2,1H3,(H2,12,17)(H,14,20)(H,18,19). The Kier molecular flexibility index (Phi) is 5.39. The number of hydrogen-bond donors (Lipinski definition) is 3. The van der Waals surface area contributed by atoms with Crippen LogP contribution in [0.4, 0.5) is 4.79 Å². The van der Waals surface area contributed by atoms with Gasteiger partial charge in [-0.2, -0.15) is 0 Å². The van der Waals surface area contributed by atoms with E-state index < -0.39 is 31.0 Å². The van der Waals surface area contributed by atoms with Gasteiger partial charge in [0.05, 0.1) is 12.2 Å². The van der Waals surface area contributed by atoms with Crippen molar-refractivity contribution in [1.29, 1.82) is 0 Å². The molecule has 0 saturated heterocycles. The average Bonchev–Trinajstić information content (AvgIpc) is 2.34. The average molecular weight is 281 g/mol. The number of carbonyl (C=O) groups excluding carboxylic acids is 2. The zero-order valence-corrected chi connectivity index (χ0v) is 10.9. The quantitative estimate of drug-likeness (QED) is 0.602. The van der Waals surface area contributed by atoms with Crippen LogP contribution in [-0.4, -0.2) is 51.0 Å². The second-order valence-corrected chi connectivity index (χ2v) is 3.97. The summed E-state index contributed by atoms with van der Waals surface area (Å²) >= 11 is 0. The molecule has 0 aromatic carbocycles. The molecular weight excluding hydrogens is 266 g/mol. The molecule has 0 fully saturated rings. The molecule has 9 nitrogen and oxygen atoms in total. The Labute approximate surface area is 114 Å². The van der Waals surface area contributed by atoms with Gasteiger partial charge in [-0.15, -0.1) is 0 Å². The molecule has 3 amide bonds. The van der Waals surface area contributed by atoms with Crippen molar-refractivity contribution in [1.82, 2.24) is 20.2 Å². The summed E-state index contributed by atoms with van der Waals surface area (Å²) in [5.74, 6) is -1.48. The van der Waals surface area contributed by atoms with Gasteiger partial charge < -0.3 is 21.1 Å². The molecule has 4 N–H and O–H groups in total. The van der Waals surface area contributed by atoms with Crippen molar-refractivity contribution in [2.24, 2.45) is 5.73 Å². The largest absolute Gasteiger partial charge is 0.480 e. The van der Waals surface area contributed by atoms with Gasteiger partial charge in [0.25, 0.3) is 0 Å². The van der Waals surface area contributed by atoms with E-state index in [0.29, 0.717) is 11.5 Å². The highest BCUT2D eigenvalue weighted by Crippen LogP contribution is 1.96. The Morgan fingerprint density at radius 2 is 2.10 bits per heavy atom. The van der Waals surface area contributed by atoms with Crippen LogP contribution in [-0.2, 0) is 16.1 Å². The fourth-order valence-electron chi connectivity index (χ4n) is 1.43. The number of aliphatic carboxylic acids is 1. The molecule has 1 aromatic rings. The molecule has 1 heterocycles. The number of hydrogen-bond acceptors (Lipinski definition) is 5. The summed E-state index contributed by atoms with van der Waals surface area (Å²) in [6.45, 7) is 0.713. The number of aryl methyl sites for hydroxylation is 1. The first-order valence-electron chi connectivity index (χ1n) is 5.70. The second kappa shape index (κ2) is 7.02. The van der Waals surface area contributed by atoms with Crippen molar-refractivity contribution in [3.05, 3.63) is 23.8 Å². The van der Waals surface area contributed by atoms with E-state index in [0.717, 1.165) is 4.90 Å². The maximum absolute atomic E-state index is 11.8. The smallest absolute Gasteiger partial charge is 0.323 e. The molecule has 0 spiro atoms. The highest BCUT2D eigenvalue weighted by atomic mass is 16.4. The van der Waals surface area contributed by atoms with Crippen LogP contribution in [0.1, 0.15) is 11.5 Å². The second-order valence-electron chi connectivity index (χ2n) is 3.97. The summed E-state index contributed by atoms with van der Waals surface area (Å²) in [6, 6.07) is 0.908. The maximum Gasteiger partial charge on any atom is 0.323 e. The summed E-state index contributed by atoms with van der Waals surface area (Å²) < 4.78 is 0. The summed E-state index contributed by atoms with van der Waals surface area (Å²) in [7, 11) is 0. The van der Waals surface area contributed by atoms with E-state index in [2.05, 4.69) is 15.3 Å². The maximum atomic E-state index is 11.8. The van der Waals surface area contributed by atoms with Crippen LogP contribution in [0, 0.1) is 6.92 Å². The number of carboxylic acid groups (broad SMARTS) is 1. The van der Waals surface area contributed by atoms with E-state index in [9.17, 15) is 14.4 Å². The van der Waals surface area contributed by atoms with E-state index in [4.69, 9.17) is 10.8 Å². The number of carbonyl (C=O) groups is 3. The van der Waals surface area contributed by atoms with Gasteiger partial charge in [-0.25, -0.2) is 14.8 Å². The van der Waals surface area contributed by atoms with Crippen LogP contribution in [0.2, 0.25) is 0 Å². The van der Waals surface area contributed by atoms with E-state index in [1.54, 1.807) is 19.2 Å². The number of carboxylic acids is 1. The molecule has 0 atom stereocenters. The van der Waals surface area contributed by atoms with Crippen molar-refractivity contribution >= 4 is 17.9 Å². The molecule has 0 saturated carbocycles. The van der Waals surface area contributed by atoms with E-state index in [1.807, 2.05) is 0 Å². The molecule has 0 bridgehead atoms. The highest BCUT2D eigenvalue weighted by molar-refractivity contribution is 5.85. The number of amides is 3. The first-order valence-corrected chi connectivity index (χ1v) is 5.70. The number of nitrogens with one attached hydrogen (secondary N) is 1. The van der Waals surface area contributed by atoms with E-state index in [1.165, 1.54) is 0 Å². The molecule has 20 heavy (non-hydrogen) atoms. The van der Waals surface area contributed by atoms with Gasteiger partial charge in [-0.3, -0.25) is 9.59 Å². The normalized spacial score (nSPS) is 9.85. The highest BCUT2D eigenvalue weighted by Gasteiger charge is 2.18. The fourth-order valence-corrected chi connectivity index (χ4v) is 1.43. The Bertz CT molecular complexity index is 503. The summed E-state index contributed by atoms with van der Waals surface area (Å²) in [4.78, 5) is 42.0. The monoisotopic (exact) mass is 281 g/mol. The van der Waals surface area contributed by atoms with Gasteiger partial charge in [-0.05, 0) is 13.0 Å². The lowest BCUT2D eigenvalue weighted by Crippen LogP contribution is -2.46. The number of rotatable bonds is 6. The topological polar surface area (TPSA) is 139 Å². The third kappa shape index (κ3) is 5.29. The number of nitrogens with two attached hydrogens (primary N) is 1. The molecule has 0 radical (unpaired) electrons. The van der Waals surface area contributed by atoms with E-state index >= 15 is 0 Å². The molecule has 0 aliphatic heterocycles. The SMILES string of the molecule is Cc1nccc(CNC(=O)N(CC(N)=O)CC(=O)O)n1. The van der Waals surface area contributed by atoms with Gasteiger partial charge in [0.15, 0.2) is 0 Å². The molecular formula is C11H15N5O4. The summed E-state index contributed by atoms with van der Waals surface area (Å²) in [5.41, 5.74) is 5.53. The molecule has 1 aromatic heterocycles. The summed E-state index contributed by atoms with van der Waals surface area (Å²) in [5, 5.41) is 11.1. The Morgan fingerprint density at radius 1 is 1.40 bits per heavy atom. The zero-order chi connectivity index (χ0) is 15.1. The van der Waals surface area contributed by atoms with Crippen LogP contribution >= 0.6 is 0 Å². The van der Waals surface area contributed by atoms with Crippen LogP contribution in [0.15, 0.2) is 12.3 Å². The van der Waals surface area contributed by atoms with Crippen LogP contribution in [0.3, 0.4) is 0 Å². The third-order valence-electron chi connectivity index (χ3n) is 2.21. The van der Waals surface area contributed by atoms with Crippen molar-refractivity contribution in [3.8, 4) is 0 Å². The van der Waals surface area contributed by atoms with Crippen LogP contribution in [0.25, 0.3) is 0 Å². The van der Waals surface area contributed by atoms with Crippen molar-refractivity contribution in [2.45, 2.75) is 13.5 Å². The molecule has 0 unspecified atom stereocenters. The lowest BCUT2D eigenvalue weighted by molar-refractivity contribution is -0.137. The van der Waals surface area contributed by atoms with Gasteiger partial charge in [0.1, 0.15) is 18.9 Å². The molecule has 0 aliphatic carbocycles. The van der Waals surface area contributed by atoms with Crippen LogP contribution in [0.5, 0.6) is 0 Å². The lowest BCUT2D eigenvalue weighted by atomic mass is 10.4. The molecule has 9 heteroatoms. The summed E-state index contributed by atoms with van der Waals surface area (Å²) in [6.07, 6.45) is 1.54. The fraction of sp³-hybridized carbons (Fsp3) is 0.364. The minimum atomic E-state index is -1.24. The number of nitrogens with zero attached hydrogens (tertiary/aromatic N) is 3. The number of aromatic nitrogens is 2. The van der Waals surface area contributed by atoms with Crippen LogP contribution < -0.4 is 11.1 Å². The first kappa shape index (κ1) is 15.3. The number of primary amides is 1. The molecule has 1 rings (SSSR count). The third-order valence-corrected chi connectivity index (χ3v) is 2.21. The van der Waals surface area contributed by atoms with Crippen molar-refractivity contribution in [2.75, 3.05) is 13.1 Å². The van der Waals surface area contributed by atoms with Crippen molar-refractivity contribution in [3.63, 3.8) is 0 Å². The Hall–Kier alpha value is -2.71. The van der Waals surface area contributed by atoms with Gasteiger partial charge >= 0.3 is 12.0 Å². The number of urea groups is 1. The van der Waals surface area contributed by atoms with Crippen molar-refractivity contribution < 1.29 is 19.5 Å². The van der Waals surface area contributed by atoms with Gasteiger partial charge in [0, 0.05) is 6.20 Å². The molecule has 0 aliphatic rings. The van der Waals surface area contributed by atoms with Gasteiger partial charge in [0.2, 0.25) is 5.91 Å². The Balaban J connectivity index is 2.61. The molecule has 108 valence electrons. The van der Waals surface area contributed by atoms with E-state index in [-0.39, 0.29) is 6.54 Å². The zero-order valence-electron chi connectivity index (χ0n) is 10.9. The minimum absolute atomic E-state index is 0.0943. The predicted molar refractivity (Wildman–Crippen MR) is 67.4 cm³/mol. The van der Waals surface area contributed by atoms with Gasteiger partial charge in [-0.1, -0.05) is 0 Å². The minimum Gasteiger partial charge on any atom is -0.480 e. The lowest BCUT2D eigenvalue weighted by Gasteiger charge is -2.19.